The maximum Gasteiger partial charge on any atom is 0.138 e. The summed E-state index contributed by atoms with van der Waals surface area (Å²) in [6.45, 7) is 12.8. The fraction of sp³-hybridized carbons (Fsp3) is 0.733. The van der Waals surface area contributed by atoms with Gasteiger partial charge >= 0.3 is 0 Å². The predicted octanol–water partition coefficient (Wildman–Crippen LogP) is 2.96. The summed E-state index contributed by atoms with van der Waals surface area (Å²) >= 11 is 0. The van der Waals surface area contributed by atoms with Crippen LogP contribution in [0.3, 0.4) is 0 Å². The lowest BCUT2D eigenvalue weighted by atomic mass is 9.95. The number of nitrogens with one attached hydrogen (secondary N) is 2. The van der Waals surface area contributed by atoms with Crippen molar-refractivity contribution < 1.29 is 4.74 Å². The Bertz CT molecular complexity index is 427. The van der Waals surface area contributed by atoms with Gasteiger partial charge in [0.15, 0.2) is 0 Å². The van der Waals surface area contributed by atoms with Gasteiger partial charge in [-0.05, 0) is 20.3 Å². The van der Waals surface area contributed by atoms with Crippen LogP contribution in [0, 0.1) is 6.92 Å². The number of anilines is 2. The van der Waals surface area contributed by atoms with Gasteiger partial charge in [0.25, 0.3) is 0 Å². The molecule has 0 spiro atoms. The maximum absolute atomic E-state index is 5.34. The third kappa shape index (κ3) is 4.63. The third-order valence-corrected chi connectivity index (χ3v) is 3.02. The molecule has 5 heteroatoms. The molecule has 0 fully saturated rings. The molecule has 0 aliphatic heterocycles. The summed E-state index contributed by atoms with van der Waals surface area (Å²) < 4.78 is 5.34. The SMILES string of the molecule is CCOCCCNc1nc(C(C)(C)C)nc(NC)c1C. The van der Waals surface area contributed by atoms with E-state index in [1.807, 2.05) is 20.9 Å². The highest BCUT2D eigenvalue weighted by atomic mass is 16.5. The van der Waals surface area contributed by atoms with Crippen molar-refractivity contribution in [2.45, 2.75) is 46.5 Å². The maximum atomic E-state index is 5.34. The second-order valence-electron chi connectivity index (χ2n) is 5.85. The summed E-state index contributed by atoms with van der Waals surface area (Å²) in [4.78, 5) is 9.26. The van der Waals surface area contributed by atoms with Gasteiger partial charge in [-0.2, -0.15) is 0 Å². The first-order chi connectivity index (χ1) is 9.40. The zero-order valence-corrected chi connectivity index (χ0v) is 13.6. The molecule has 5 nitrogen and oxygen atoms in total. The number of rotatable bonds is 7. The largest absolute Gasteiger partial charge is 0.382 e. The highest BCUT2D eigenvalue weighted by molar-refractivity contribution is 5.57. The van der Waals surface area contributed by atoms with Gasteiger partial charge in [-0.25, -0.2) is 9.97 Å². The van der Waals surface area contributed by atoms with E-state index in [4.69, 9.17) is 4.74 Å². The summed E-state index contributed by atoms with van der Waals surface area (Å²) in [6, 6.07) is 0. The normalized spacial score (nSPS) is 11.5. The zero-order chi connectivity index (χ0) is 15.2. The lowest BCUT2D eigenvalue weighted by Gasteiger charge is -2.20. The highest BCUT2D eigenvalue weighted by Gasteiger charge is 2.20. The lowest BCUT2D eigenvalue weighted by Crippen LogP contribution is -2.20. The molecule has 1 rings (SSSR count). The minimum atomic E-state index is -0.0684. The van der Waals surface area contributed by atoms with Crippen molar-refractivity contribution >= 4 is 11.6 Å². The van der Waals surface area contributed by atoms with Crippen molar-refractivity contribution in [3.05, 3.63) is 11.4 Å². The second kappa shape index (κ2) is 7.43. The smallest absolute Gasteiger partial charge is 0.138 e. The molecule has 20 heavy (non-hydrogen) atoms. The molecule has 0 radical (unpaired) electrons. The number of nitrogens with zero attached hydrogens (tertiary/aromatic N) is 2. The van der Waals surface area contributed by atoms with Gasteiger partial charge in [0, 0.05) is 37.8 Å². The number of ether oxygens (including phenoxy) is 1. The Balaban J connectivity index is 2.83. The van der Waals surface area contributed by atoms with Crippen molar-refractivity contribution in [1.82, 2.24) is 9.97 Å². The number of hydrogen-bond acceptors (Lipinski definition) is 5. The van der Waals surface area contributed by atoms with E-state index in [1.165, 1.54) is 0 Å². The molecule has 0 saturated carbocycles. The highest BCUT2D eigenvalue weighted by Crippen LogP contribution is 2.25. The van der Waals surface area contributed by atoms with Gasteiger partial charge < -0.3 is 15.4 Å². The molecule has 0 aliphatic carbocycles. The van der Waals surface area contributed by atoms with Crippen LogP contribution in [-0.4, -0.2) is 36.8 Å². The standard InChI is InChI=1S/C15H28N4O/c1-7-20-10-8-9-17-13-11(2)12(16-6)18-14(19-13)15(3,4)5/h7-10H2,1-6H3,(H2,16,17,18,19). The Hall–Kier alpha value is -1.36. The number of hydrogen-bond donors (Lipinski definition) is 2. The molecule has 0 amide bonds. The number of aromatic nitrogens is 2. The van der Waals surface area contributed by atoms with Gasteiger partial charge in [0.1, 0.15) is 17.5 Å². The molecule has 0 bridgehead atoms. The first-order valence-corrected chi connectivity index (χ1v) is 7.28. The molecule has 1 heterocycles. The minimum Gasteiger partial charge on any atom is -0.382 e. The summed E-state index contributed by atoms with van der Waals surface area (Å²) in [5, 5.41) is 6.53. The zero-order valence-electron chi connectivity index (χ0n) is 13.6. The van der Waals surface area contributed by atoms with E-state index < -0.39 is 0 Å². The van der Waals surface area contributed by atoms with Crippen LogP contribution in [0.4, 0.5) is 11.6 Å². The molecule has 0 atom stereocenters. The average molecular weight is 280 g/mol. The second-order valence-corrected chi connectivity index (χ2v) is 5.85. The van der Waals surface area contributed by atoms with E-state index in [1.54, 1.807) is 0 Å². The summed E-state index contributed by atoms with van der Waals surface area (Å²) in [6.07, 6.45) is 0.969. The molecular formula is C15H28N4O. The van der Waals surface area contributed by atoms with E-state index in [-0.39, 0.29) is 5.41 Å². The quantitative estimate of drug-likeness (QED) is 0.752. The Morgan fingerprint density at radius 2 is 1.80 bits per heavy atom. The van der Waals surface area contributed by atoms with Crippen molar-refractivity contribution in [2.24, 2.45) is 0 Å². The van der Waals surface area contributed by atoms with Crippen LogP contribution in [0.25, 0.3) is 0 Å². The van der Waals surface area contributed by atoms with Gasteiger partial charge in [-0.15, -0.1) is 0 Å². The van der Waals surface area contributed by atoms with Crippen LogP contribution >= 0.6 is 0 Å². The molecule has 0 unspecified atom stereocenters. The Morgan fingerprint density at radius 1 is 1.15 bits per heavy atom. The Kier molecular flexibility index (Phi) is 6.20. The van der Waals surface area contributed by atoms with E-state index in [0.29, 0.717) is 0 Å². The van der Waals surface area contributed by atoms with Gasteiger partial charge in [-0.1, -0.05) is 20.8 Å². The van der Waals surface area contributed by atoms with Crippen LogP contribution < -0.4 is 10.6 Å². The monoisotopic (exact) mass is 280 g/mol. The van der Waals surface area contributed by atoms with Crippen molar-refractivity contribution in [3.63, 3.8) is 0 Å². The third-order valence-electron chi connectivity index (χ3n) is 3.02. The molecule has 0 saturated heterocycles. The summed E-state index contributed by atoms with van der Waals surface area (Å²) in [5.74, 6) is 2.64. The van der Waals surface area contributed by atoms with Crippen LogP contribution in [0.15, 0.2) is 0 Å². The van der Waals surface area contributed by atoms with Crippen LogP contribution in [-0.2, 0) is 10.2 Å². The first-order valence-electron chi connectivity index (χ1n) is 7.28. The minimum absolute atomic E-state index is 0.0684. The molecule has 0 aliphatic rings. The molecular weight excluding hydrogens is 252 g/mol. The van der Waals surface area contributed by atoms with Gasteiger partial charge in [0.2, 0.25) is 0 Å². The molecule has 114 valence electrons. The topological polar surface area (TPSA) is 59.1 Å². The van der Waals surface area contributed by atoms with Crippen LogP contribution in [0.2, 0.25) is 0 Å². The summed E-state index contributed by atoms with van der Waals surface area (Å²) in [7, 11) is 1.89. The Labute approximate surface area is 122 Å². The van der Waals surface area contributed by atoms with Gasteiger partial charge in [0.05, 0.1) is 0 Å². The summed E-state index contributed by atoms with van der Waals surface area (Å²) in [5.41, 5.74) is 0.984. The van der Waals surface area contributed by atoms with E-state index >= 15 is 0 Å². The molecule has 1 aromatic rings. The fourth-order valence-electron chi connectivity index (χ4n) is 1.79. The van der Waals surface area contributed by atoms with Crippen LogP contribution in [0.1, 0.15) is 45.5 Å². The van der Waals surface area contributed by atoms with Crippen molar-refractivity contribution in [1.29, 1.82) is 0 Å². The molecule has 1 aromatic heterocycles. The average Bonchev–Trinajstić information content (AvgIpc) is 2.39. The van der Waals surface area contributed by atoms with Gasteiger partial charge in [-0.3, -0.25) is 0 Å². The Morgan fingerprint density at radius 3 is 2.35 bits per heavy atom. The van der Waals surface area contributed by atoms with Crippen LogP contribution in [0.5, 0.6) is 0 Å². The van der Waals surface area contributed by atoms with E-state index in [9.17, 15) is 0 Å². The van der Waals surface area contributed by atoms with E-state index in [0.717, 1.165) is 49.2 Å². The molecule has 2 N–H and O–H groups in total. The van der Waals surface area contributed by atoms with Crippen molar-refractivity contribution in [2.75, 3.05) is 37.4 Å². The fourth-order valence-corrected chi connectivity index (χ4v) is 1.79. The van der Waals surface area contributed by atoms with E-state index in [2.05, 4.69) is 41.4 Å². The molecule has 0 aromatic carbocycles. The lowest BCUT2D eigenvalue weighted by molar-refractivity contribution is 0.147. The predicted molar refractivity (Wildman–Crippen MR) is 84.6 cm³/mol. The van der Waals surface area contributed by atoms with Crippen molar-refractivity contribution in [3.8, 4) is 0 Å². The first kappa shape index (κ1) is 16.7.